The first-order valence-corrected chi connectivity index (χ1v) is 7.77. The second-order valence-electron chi connectivity index (χ2n) is 4.97. The maximum atomic E-state index is 5.63. The van der Waals surface area contributed by atoms with Gasteiger partial charge in [-0.05, 0) is 18.2 Å². The SMILES string of the molecule is C=CC(=C)/C=C\C(=C)COCCN1CCN(C)CC1.CC. The molecule has 21 heavy (non-hydrogen) atoms. The van der Waals surface area contributed by atoms with Crippen LogP contribution < -0.4 is 0 Å². The molecule has 0 N–H and O–H groups in total. The van der Waals surface area contributed by atoms with Crippen LogP contribution in [0, 0.1) is 0 Å². The summed E-state index contributed by atoms with van der Waals surface area (Å²) in [6.07, 6.45) is 5.55. The van der Waals surface area contributed by atoms with Gasteiger partial charge in [0.1, 0.15) is 0 Å². The molecule has 0 aliphatic carbocycles. The molecule has 1 rings (SSSR count). The van der Waals surface area contributed by atoms with Gasteiger partial charge in [-0.1, -0.05) is 51.8 Å². The Kier molecular flexibility index (Phi) is 11.9. The van der Waals surface area contributed by atoms with E-state index in [0.717, 1.165) is 50.5 Å². The molecular weight excluding hydrogens is 260 g/mol. The number of piperazine rings is 1. The van der Waals surface area contributed by atoms with Gasteiger partial charge in [0, 0.05) is 32.7 Å². The van der Waals surface area contributed by atoms with Crippen molar-refractivity contribution in [2.45, 2.75) is 13.8 Å². The normalized spacial score (nSPS) is 16.3. The second kappa shape index (κ2) is 12.6. The van der Waals surface area contributed by atoms with Gasteiger partial charge in [-0.3, -0.25) is 4.90 Å². The lowest BCUT2D eigenvalue weighted by atomic mass is 10.2. The lowest BCUT2D eigenvalue weighted by molar-refractivity contribution is 0.0929. The Bertz CT molecular complexity index is 339. The molecule has 0 aromatic carbocycles. The van der Waals surface area contributed by atoms with Crippen LogP contribution in [0.3, 0.4) is 0 Å². The molecule has 0 atom stereocenters. The molecule has 0 spiro atoms. The smallest absolute Gasteiger partial charge is 0.0711 e. The van der Waals surface area contributed by atoms with E-state index >= 15 is 0 Å². The van der Waals surface area contributed by atoms with Crippen molar-refractivity contribution in [1.29, 1.82) is 0 Å². The van der Waals surface area contributed by atoms with Gasteiger partial charge in [-0.25, -0.2) is 0 Å². The number of nitrogens with zero attached hydrogens (tertiary/aromatic N) is 2. The van der Waals surface area contributed by atoms with E-state index in [9.17, 15) is 0 Å². The summed E-state index contributed by atoms with van der Waals surface area (Å²) in [6, 6.07) is 0. The van der Waals surface area contributed by atoms with E-state index in [4.69, 9.17) is 4.74 Å². The van der Waals surface area contributed by atoms with Gasteiger partial charge >= 0.3 is 0 Å². The van der Waals surface area contributed by atoms with E-state index < -0.39 is 0 Å². The molecule has 0 bridgehead atoms. The predicted octanol–water partition coefficient (Wildman–Crippen LogP) is 3.13. The quantitative estimate of drug-likeness (QED) is 0.505. The van der Waals surface area contributed by atoms with Crippen LogP contribution in [0.4, 0.5) is 0 Å². The Hall–Kier alpha value is -1.16. The zero-order valence-corrected chi connectivity index (χ0v) is 14.1. The minimum absolute atomic E-state index is 0.578. The first-order chi connectivity index (χ1) is 10.1. The Labute approximate surface area is 131 Å². The minimum atomic E-state index is 0.578. The third-order valence-electron chi connectivity index (χ3n) is 3.23. The highest BCUT2D eigenvalue weighted by Gasteiger charge is 2.12. The number of hydrogen-bond acceptors (Lipinski definition) is 3. The van der Waals surface area contributed by atoms with Crippen LogP contribution in [0.5, 0.6) is 0 Å². The van der Waals surface area contributed by atoms with Crippen molar-refractivity contribution < 1.29 is 4.74 Å². The van der Waals surface area contributed by atoms with Crippen LogP contribution >= 0.6 is 0 Å². The third-order valence-corrected chi connectivity index (χ3v) is 3.23. The van der Waals surface area contributed by atoms with Gasteiger partial charge in [0.25, 0.3) is 0 Å². The summed E-state index contributed by atoms with van der Waals surface area (Å²) < 4.78 is 5.63. The molecule has 1 aliphatic heterocycles. The first kappa shape index (κ1) is 19.8. The fourth-order valence-electron chi connectivity index (χ4n) is 1.81. The maximum absolute atomic E-state index is 5.63. The average molecular weight is 292 g/mol. The van der Waals surface area contributed by atoms with Crippen molar-refractivity contribution in [3.8, 4) is 0 Å². The standard InChI is InChI=1S/C16H26N2O.C2H6/c1-5-15(2)6-7-16(3)14-19-13-12-18-10-8-17(4)9-11-18;1-2/h5-7H,1-3,8-14H2,4H3;1-2H3/b7-6-;. The van der Waals surface area contributed by atoms with Gasteiger partial charge < -0.3 is 9.64 Å². The van der Waals surface area contributed by atoms with E-state index in [1.54, 1.807) is 6.08 Å². The van der Waals surface area contributed by atoms with Crippen molar-refractivity contribution in [1.82, 2.24) is 9.80 Å². The Morgan fingerprint density at radius 1 is 1.10 bits per heavy atom. The molecule has 3 nitrogen and oxygen atoms in total. The molecule has 1 aliphatic rings. The van der Waals surface area contributed by atoms with Gasteiger partial charge in [0.05, 0.1) is 13.2 Å². The van der Waals surface area contributed by atoms with Crippen LogP contribution in [0.25, 0.3) is 0 Å². The van der Waals surface area contributed by atoms with Gasteiger partial charge in [-0.15, -0.1) is 0 Å². The van der Waals surface area contributed by atoms with Crippen molar-refractivity contribution in [2.24, 2.45) is 0 Å². The van der Waals surface area contributed by atoms with E-state index in [1.165, 1.54) is 0 Å². The fourth-order valence-corrected chi connectivity index (χ4v) is 1.81. The zero-order valence-electron chi connectivity index (χ0n) is 14.1. The summed E-state index contributed by atoms with van der Waals surface area (Å²) in [5, 5.41) is 0. The van der Waals surface area contributed by atoms with Gasteiger partial charge in [0.15, 0.2) is 0 Å². The van der Waals surface area contributed by atoms with Crippen molar-refractivity contribution in [3.63, 3.8) is 0 Å². The molecule has 0 amide bonds. The van der Waals surface area contributed by atoms with Crippen LogP contribution in [-0.2, 0) is 4.74 Å². The van der Waals surface area contributed by atoms with E-state index in [1.807, 2.05) is 26.0 Å². The van der Waals surface area contributed by atoms with Crippen LogP contribution in [0.2, 0.25) is 0 Å². The third kappa shape index (κ3) is 10.2. The Balaban J connectivity index is 0.00000191. The molecular formula is C18H32N2O. The topological polar surface area (TPSA) is 15.7 Å². The molecule has 0 saturated carbocycles. The van der Waals surface area contributed by atoms with Crippen molar-refractivity contribution >= 4 is 0 Å². The summed E-state index contributed by atoms with van der Waals surface area (Å²) in [5.74, 6) is 0. The maximum Gasteiger partial charge on any atom is 0.0711 e. The largest absolute Gasteiger partial charge is 0.375 e. The van der Waals surface area contributed by atoms with Crippen molar-refractivity contribution in [3.05, 3.63) is 49.1 Å². The lowest BCUT2D eigenvalue weighted by Gasteiger charge is -2.32. The van der Waals surface area contributed by atoms with E-state index in [0.29, 0.717) is 6.61 Å². The monoisotopic (exact) mass is 292 g/mol. The fraction of sp³-hybridized carbons (Fsp3) is 0.556. The molecule has 0 unspecified atom stereocenters. The zero-order chi connectivity index (χ0) is 16.1. The summed E-state index contributed by atoms with van der Waals surface area (Å²) in [5.41, 5.74) is 1.85. The number of allylic oxidation sites excluding steroid dienone is 3. The first-order valence-electron chi connectivity index (χ1n) is 7.77. The average Bonchev–Trinajstić information content (AvgIpc) is 2.52. The molecule has 0 aromatic heterocycles. The summed E-state index contributed by atoms with van der Waals surface area (Å²) in [4.78, 5) is 4.80. The second-order valence-corrected chi connectivity index (χ2v) is 4.97. The number of rotatable bonds is 8. The molecule has 1 heterocycles. The van der Waals surface area contributed by atoms with Crippen LogP contribution in [0.15, 0.2) is 49.1 Å². The predicted molar refractivity (Wildman–Crippen MR) is 93.7 cm³/mol. The highest BCUT2D eigenvalue weighted by Crippen LogP contribution is 2.01. The number of likely N-dealkylation sites (N-methyl/N-ethyl adjacent to an activating group) is 1. The lowest BCUT2D eigenvalue weighted by Crippen LogP contribution is -2.45. The highest BCUT2D eigenvalue weighted by molar-refractivity contribution is 5.30. The Morgan fingerprint density at radius 2 is 1.71 bits per heavy atom. The molecule has 1 saturated heterocycles. The summed E-state index contributed by atoms with van der Waals surface area (Å²) in [7, 11) is 2.17. The molecule has 0 radical (unpaired) electrons. The molecule has 0 aromatic rings. The molecule has 120 valence electrons. The number of ether oxygens (including phenoxy) is 1. The Morgan fingerprint density at radius 3 is 2.29 bits per heavy atom. The minimum Gasteiger partial charge on any atom is -0.375 e. The van der Waals surface area contributed by atoms with E-state index in [2.05, 4.69) is 36.6 Å². The van der Waals surface area contributed by atoms with Crippen LogP contribution in [0.1, 0.15) is 13.8 Å². The molecule has 3 heteroatoms. The highest BCUT2D eigenvalue weighted by atomic mass is 16.5. The van der Waals surface area contributed by atoms with Crippen molar-refractivity contribution in [2.75, 3.05) is 53.0 Å². The van der Waals surface area contributed by atoms with Crippen LogP contribution in [-0.4, -0.2) is 62.8 Å². The molecule has 1 fully saturated rings. The van der Waals surface area contributed by atoms with Gasteiger partial charge in [-0.2, -0.15) is 0 Å². The number of hydrogen-bond donors (Lipinski definition) is 0. The summed E-state index contributed by atoms with van der Waals surface area (Å²) in [6.45, 7) is 22.3. The summed E-state index contributed by atoms with van der Waals surface area (Å²) >= 11 is 0. The van der Waals surface area contributed by atoms with Gasteiger partial charge in [0.2, 0.25) is 0 Å². The van der Waals surface area contributed by atoms with E-state index in [-0.39, 0.29) is 0 Å².